The maximum Gasteiger partial charge on any atom is 0.289 e. The van der Waals surface area contributed by atoms with Crippen LogP contribution in [-0.4, -0.2) is 73.6 Å². The number of fused-ring (bicyclic) bond motifs is 1. The van der Waals surface area contributed by atoms with Gasteiger partial charge in [-0.2, -0.15) is 0 Å². The normalized spacial score (nSPS) is 23.3. The maximum atomic E-state index is 13.4. The summed E-state index contributed by atoms with van der Waals surface area (Å²) in [6, 6.07) is 13.7. The Hall–Kier alpha value is -3.55. The number of para-hydroxylation sites is 2. The zero-order chi connectivity index (χ0) is 25.1. The first kappa shape index (κ1) is 24.2. The Morgan fingerprint density at radius 1 is 1.06 bits per heavy atom. The highest BCUT2D eigenvalue weighted by Crippen LogP contribution is 2.33. The lowest BCUT2D eigenvalue weighted by atomic mass is 9.89. The molecule has 1 aliphatic carbocycles. The van der Waals surface area contributed by atoms with Gasteiger partial charge in [0.05, 0.1) is 18.8 Å². The predicted molar refractivity (Wildman–Crippen MR) is 135 cm³/mol. The minimum atomic E-state index is -0.335. The van der Waals surface area contributed by atoms with Crippen molar-refractivity contribution < 1.29 is 23.5 Å². The molecular formula is C28H32FN3O4. The van der Waals surface area contributed by atoms with Crippen LogP contribution in [0.2, 0.25) is 0 Å². The summed E-state index contributed by atoms with van der Waals surface area (Å²) in [6.07, 6.45) is 5.24. The number of halogens is 1. The number of nitrogens with zero attached hydrogens (tertiary/aromatic N) is 3. The van der Waals surface area contributed by atoms with Crippen LogP contribution < -0.4 is 9.64 Å². The van der Waals surface area contributed by atoms with Gasteiger partial charge in [-0.15, -0.1) is 0 Å². The van der Waals surface area contributed by atoms with Crippen LogP contribution in [0.5, 0.6) is 5.75 Å². The molecule has 2 saturated heterocycles. The van der Waals surface area contributed by atoms with Crippen LogP contribution in [0.15, 0.2) is 54.3 Å². The third kappa shape index (κ3) is 5.03. The zero-order valence-corrected chi connectivity index (χ0v) is 20.6. The Labute approximate surface area is 211 Å². The van der Waals surface area contributed by atoms with Crippen molar-refractivity contribution >= 4 is 23.6 Å². The van der Waals surface area contributed by atoms with E-state index in [1.807, 2.05) is 29.2 Å². The molecule has 36 heavy (non-hydrogen) atoms. The first-order chi connectivity index (χ1) is 17.5. The van der Waals surface area contributed by atoms with Crippen molar-refractivity contribution in [2.75, 3.05) is 44.7 Å². The van der Waals surface area contributed by atoms with E-state index in [4.69, 9.17) is 9.47 Å². The number of morpholine rings is 1. The molecule has 0 aromatic heterocycles. The van der Waals surface area contributed by atoms with E-state index in [-0.39, 0.29) is 42.1 Å². The molecule has 2 amide bonds. The van der Waals surface area contributed by atoms with Gasteiger partial charge in [0.25, 0.3) is 5.91 Å². The molecule has 190 valence electrons. The first-order valence-electron chi connectivity index (χ1n) is 12.6. The van der Waals surface area contributed by atoms with Crippen molar-refractivity contribution in [1.29, 1.82) is 0 Å². The number of carbonyl (C=O) groups excluding carboxylic acids is 2. The second kappa shape index (κ2) is 10.6. The summed E-state index contributed by atoms with van der Waals surface area (Å²) in [5.74, 6) is 0.385. The number of piperazine rings is 1. The number of amides is 2. The third-order valence-electron chi connectivity index (χ3n) is 7.35. The van der Waals surface area contributed by atoms with E-state index in [1.54, 1.807) is 30.2 Å². The SMILES string of the molecule is COc1ccccc1N1CCN(C(=O)CN2C(=O)/C(=C\c3ccc(F)cc3)OC3CCCCC32)CC1. The molecule has 5 rings (SSSR count). The van der Waals surface area contributed by atoms with E-state index in [2.05, 4.69) is 4.90 Å². The summed E-state index contributed by atoms with van der Waals surface area (Å²) in [6.45, 7) is 2.61. The predicted octanol–water partition coefficient (Wildman–Crippen LogP) is 3.69. The van der Waals surface area contributed by atoms with Crippen molar-refractivity contribution in [2.24, 2.45) is 0 Å². The molecule has 0 bridgehead atoms. The maximum absolute atomic E-state index is 13.4. The number of hydrogen-bond acceptors (Lipinski definition) is 5. The number of anilines is 1. The van der Waals surface area contributed by atoms with Gasteiger partial charge < -0.3 is 24.2 Å². The smallest absolute Gasteiger partial charge is 0.289 e. The van der Waals surface area contributed by atoms with E-state index in [1.165, 1.54) is 12.1 Å². The van der Waals surface area contributed by atoms with Crippen LogP contribution in [0.1, 0.15) is 31.2 Å². The van der Waals surface area contributed by atoms with Crippen LogP contribution in [0, 0.1) is 5.82 Å². The van der Waals surface area contributed by atoms with Gasteiger partial charge in [0.2, 0.25) is 5.91 Å². The molecule has 8 heteroatoms. The molecule has 7 nitrogen and oxygen atoms in total. The van der Waals surface area contributed by atoms with Crippen molar-refractivity contribution in [3.63, 3.8) is 0 Å². The number of rotatable bonds is 5. The summed E-state index contributed by atoms with van der Waals surface area (Å²) in [7, 11) is 1.66. The fourth-order valence-corrected chi connectivity index (χ4v) is 5.41. The standard InChI is InChI=1S/C28H32FN3O4/c1-35-24-8-4-2-6-22(24)30-14-16-31(17-15-30)27(33)19-32-23-7-3-5-9-25(23)36-26(28(32)34)18-20-10-12-21(29)13-11-20/h2,4,6,8,10-13,18,23,25H,3,5,7,9,14-17,19H2,1H3/b26-18+. The lowest BCUT2D eigenvalue weighted by Gasteiger charge is -2.45. The summed E-state index contributed by atoms with van der Waals surface area (Å²) in [5.41, 5.74) is 1.71. The molecular weight excluding hydrogens is 461 g/mol. The topological polar surface area (TPSA) is 62.3 Å². The van der Waals surface area contributed by atoms with Crippen LogP contribution in [0.25, 0.3) is 6.08 Å². The highest BCUT2D eigenvalue weighted by Gasteiger charge is 2.42. The number of methoxy groups -OCH3 is 1. The monoisotopic (exact) mass is 493 g/mol. The van der Waals surface area contributed by atoms with Gasteiger partial charge in [0.1, 0.15) is 24.2 Å². The zero-order valence-electron chi connectivity index (χ0n) is 20.6. The van der Waals surface area contributed by atoms with Gasteiger partial charge in [-0.25, -0.2) is 4.39 Å². The fraction of sp³-hybridized carbons (Fsp3) is 0.429. The van der Waals surface area contributed by atoms with E-state index in [9.17, 15) is 14.0 Å². The Kier molecular flexibility index (Phi) is 7.11. The second-order valence-electron chi connectivity index (χ2n) is 9.54. The average Bonchev–Trinajstić information content (AvgIpc) is 2.92. The van der Waals surface area contributed by atoms with E-state index < -0.39 is 0 Å². The Bertz CT molecular complexity index is 1130. The number of benzene rings is 2. The summed E-state index contributed by atoms with van der Waals surface area (Å²) in [4.78, 5) is 32.6. The van der Waals surface area contributed by atoms with Crippen LogP contribution in [0.3, 0.4) is 0 Å². The van der Waals surface area contributed by atoms with E-state index >= 15 is 0 Å². The molecule has 2 aromatic carbocycles. The van der Waals surface area contributed by atoms with E-state index in [0.717, 1.165) is 37.1 Å². The van der Waals surface area contributed by atoms with Crippen molar-refractivity contribution in [3.8, 4) is 5.75 Å². The molecule has 0 N–H and O–H groups in total. The highest BCUT2D eigenvalue weighted by atomic mass is 19.1. The fourth-order valence-electron chi connectivity index (χ4n) is 5.41. The van der Waals surface area contributed by atoms with E-state index in [0.29, 0.717) is 31.7 Å². The Morgan fingerprint density at radius 2 is 1.78 bits per heavy atom. The lowest BCUT2D eigenvalue weighted by molar-refractivity contribution is -0.154. The minimum absolute atomic E-state index is 0.0405. The Balaban J connectivity index is 1.28. The first-order valence-corrected chi connectivity index (χ1v) is 12.6. The molecule has 2 unspecified atom stereocenters. The molecule has 2 aliphatic heterocycles. The highest BCUT2D eigenvalue weighted by molar-refractivity contribution is 5.98. The van der Waals surface area contributed by atoms with Crippen LogP contribution in [-0.2, 0) is 14.3 Å². The van der Waals surface area contributed by atoms with Gasteiger partial charge in [0, 0.05) is 26.2 Å². The molecule has 1 saturated carbocycles. The van der Waals surface area contributed by atoms with Gasteiger partial charge >= 0.3 is 0 Å². The molecule has 2 atom stereocenters. The van der Waals surface area contributed by atoms with Gasteiger partial charge in [-0.05, 0) is 55.2 Å². The van der Waals surface area contributed by atoms with Crippen LogP contribution >= 0.6 is 0 Å². The van der Waals surface area contributed by atoms with Crippen molar-refractivity contribution in [2.45, 2.75) is 37.8 Å². The summed E-state index contributed by atoms with van der Waals surface area (Å²) in [5, 5.41) is 0. The molecule has 0 radical (unpaired) electrons. The second-order valence-corrected chi connectivity index (χ2v) is 9.54. The van der Waals surface area contributed by atoms with Crippen molar-refractivity contribution in [1.82, 2.24) is 9.80 Å². The van der Waals surface area contributed by atoms with Gasteiger partial charge in [-0.3, -0.25) is 9.59 Å². The quantitative estimate of drug-likeness (QED) is 0.595. The minimum Gasteiger partial charge on any atom is -0.495 e. The largest absolute Gasteiger partial charge is 0.495 e. The molecule has 3 aliphatic rings. The van der Waals surface area contributed by atoms with Crippen LogP contribution in [0.4, 0.5) is 10.1 Å². The summed E-state index contributed by atoms with van der Waals surface area (Å²) < 4.78 is 24.9. The average molecular weight is 494 g/mol. The molecule has 3 fully saturated rings. The lowest BCUT2D eigenvalue weighted by Crippen LogP contribution is -2.58. The van der Waals surface area contributed by atoms with Gasteiger partial charge in [-0.1, -0.05) is 30.7 Å². The molecule has 2 aromatic rings. The molecule has 2 heterocycles. The van der Waals surface area contributed by atoms with Gasteiger partial charge in [0.15, 0.2) is 5.76 Å². The molecule has 0 spiro atoms. The Morgan fingerprint density at radius 3 is 2.53 bits per heavy atom. The number of carbonyl (C=O) groups is 2. The number of hydrogen-bond donors (Lipinski definition) is 0. The summed E-state index contributed by atoms with van der Waals surface area (Å²) >= 11 is 0. The third-order valence-corrected chi connectivity index (χ3v) is 7.35. The number of ether oxygens (including phenoxy) is 2. The van der Waals surface area contributed by atoms with Crippen molar-refractivity contribution in [3.05, 3.63) is 65.7 Å².